The molecule has 0 aliphatic heterocycles. The van der Waals surface area contributed by atoms with Crippen LogP contribution in [-0.2, 0) is 17.9 Å². The third-order valence-corrected chi connectivity index (χ3v) is 4.75. The first-order valence-corrected chi connectivity index (χ1v) is 10.0. The lowest BCUT2D eigenvalue weighted by atomic mass is 10.1. The van der Waals surface area contributed by atoms with Gasteiger partial charge in [0.25, 0.3) is 5.91 Å². The van der Waals surface area contributed by atoms with Crippen molar-refractivity contribution in [2.75, 3.05) is 25.0 Å². The molecule has 0 radical (unpaired) electrons. The quantitative estimate of drug-likeness (QED) is 0.548. The molecule has 1 aromatic carbocycles. The molecule has 0 unspecified atom stereocenters. The van der Waals surface area contributed by atoms with Gasteiger partial charge in [0.15, 0.2) is 0 Å². The second-order valence-corrected chi connectivity index (χ2v) is 6.91. The first kappa shape index (κ1) is 21.4. The average molecular weight is 409 g/mol. The molecule has 158 valence electrons. The Morgan fingerprint density at radius 3 is 1.90 bits per heavy atom. The number of carbonyl (C=O) groups is 2. The van der Waals surface area contributed by atoms with Crippen molar-refractivity contribution in [3.05, 3.63) is 78.1 Å². The minimum absolute atomic E-state index is 0.0130. The number of carbonyl (C=O) groups excluding carboxylic acids is 2. The molecule has 0 saturated heterocycles. The molecule has 0 bridgehead atoms. The zero-order chi connectivity index (χ0) is 21.3. The summed E-state index contributed by atoms with van der Waals surface area (Å²) >= 11 is 0. The van der Waals surface area contributed by atoms with Crippen LogP contribution in [0, 0.1) is 0 Å². The topological polar surface area (TPSA) is 78.9 Å². The fourth-order valence-corrected chi connectivity index (χ4v) is 3.21. The third-order valence-electron chi connectivity index (χ3n) is 4.75. The number of anilines is 1. The van der Waals surface area contributed by atoms with E-state index in [1.807, 2.05) is 43.0 Å². The highest BCUT2D eigenvalue weighted by atomic mass is 16.3. The van der Waals surface area contributed by atoms with Crippen LogP contribution in [-0.4, -0.2) is 41.2 Å². The highest BCUT2D eigenvalue weighted by Crippen LogP contribution is 2.14. The number of benzene rings is 1. The molecule has 0 aliphatic carbocycles. The summed E-state index contributed by atoms with van der Waals surface area (Å²) in [7, 11) is 0. The van der Waals surface area contributed by atoms with Crippen LogP contribution in [0.25, 0.3) is 0 Å². The van der Waals surface area contributed by atoms with Crippen molar-refractivity contribution >= 4 is 17.5 Å². The first-order valence-electron chi connectivity index (χ1n) is 10.0. The average Bonchev–Trinajstić information content (AvgIpc) is 3.43. The number of amides is 2. The van der Waals surface area contributed by atoms with E-state index in [-0.39, 0.29) is 18.4 Å². The van der Waals surface area contributed by atoms with Gasteiger partial charge in [-0.25, -0.2) is 0 Å². The highest BCUT2D eigenvalue weighted by Gasteiger charge is 2.16. The number of nitrogens with zero attached hydrogens (tertiary/aromatic N) is 2. The number of nitrogens with one attached hydrogen (secondary N) is 1. The van der Waals surface area contributed by atoms with Crippen molar-refractivity contribution in [2.45, 2.75) is 26.9 Å². The van der Waals surface area contributed by atoms with E-state index in [4.69, 9.17) is 8.83 Å². The second-order valence-electron chi connectivity index (χ2n) is 6.91. The molecule has 0 saturated carbocycles. The van der Waals surface area contributed by atoms with Gasteiger partial charge in [-0.05, 0) is 62.4 Å². The molecule has 7 nitrogen and oxygen atoms in total. The van der Waals surface area contributed by atoms with Crippen molar-refractivity contribution in [3.8, 4) is 0 Å². The van der Waals surface area contributed by atoms with Gasteiger partial charge in [-0.2, -0.15) is 0 Å². The molecular formula is C23H27N3O4. The summed E-state index contributed by atoms with van der Waals surface area (Å²) in [6, 6.07) is 14.4. The van der Waals surface area contributed by atoms with Gasteiger partial charge in [-0.1, -0.05) is 0 Å². The summed E-state index contributed by atoms with van der Waals surface area (Å²) < 4.78 is 10.8. The maximum Gasteiger partial charge on any atom is 0.253 e. The summed E-state index contributed by atoms with van der Waals surface area (Å²) in [5, 5.41) is 2.89. The molecule has 3 rings (SSSR count). The zero-order valence-electron chi connectivity index (χ0n) is 17.3. The van der Waals surface area contributed by atoms with Gasteiger partial charge in [0.2, 0.25) is 5.91 Å². The minimum atomic E-state index is -0.157. The maximum absolute atomic E-state index is 12.6. The van der Waals surface area contributed by atoms with E-state index >= 15 is 0 Å². The maximum atomic E-state index is 12.6. The Kier molecular flexibility index (Phi) is 7.45. The molecule has 2 aromatic heterocycles. The smallest absolute Gasteiger partial charge is 0.253 e. The summed E-state index contributed by atoms with van der Waals surface area (Å²) in [5.74, 6) is 1.37. The Labute approximate surface area is 176 Å². The van der Waals surface area contributed by atoms with Gasteiger partial charge in [0, 0.05) is 24.3 Å². The lowest BCUT2D eigenvalue weighted by Gasteiger charge is -2.20. The number of furan rings is 2. The zero-order valence-corrected chi connectivity index (χ0v) is 17.3. The van der Waals surface area contributed by atoms with E-state index in [2.05, 4.69) is 5.32 Å². The number of hydrogen-bond donors (Lipinski definition) is 1. The Morgan fingerprint density at radius 2 is 1.43 bits per heavy atom. The predicted molar refractivity (Wildman–Crippen MR) is 114 cm³/mol. The van der Waals surface area contributed by atoms with Gasteiger partial charge in [-0.3, -0.25) is 14.5 Å². The van der Waals surface area contributed by atoms with Crippen molar-refractivity contribution in [1.82, 2.24) is 9.80 Å². The van der Waals surface area contributed by atoms with Crippen molar-refractivity contribution in [3.63, 3.8) is 0 Å². The van der Waals surface area contributed by atoms with Crippen LogP contribution in [0.3, 0.4) is 0 Å². The summed E-state index contributed by atoms with van der Waals surface area (Å²) in [6.07, 6.45) is 3.23. The molecule has 0 spiro atoms. The molecule has 2 amide bonds. The fourth-order valence-electron chi connectivity index (χ4n) is 3.21. The Morgan fingerprint density at radius 1 is 0.867 bits per heavy atom. The summed E-state index contributed by atoms with van der Waals surface area (Å²) in [6.45, 7) is 6.36. The normalized spacial score (nSPS) is 10.9. The van der Waals surface area contributed by atoms with E-state index in [1.54, 1.807) is 41.7 Å². The lowest BCUT2D eigenvalue weighted by molar-refractivity contribution is -0.117. The van der Waals surface area contributed by atoms with E-state index < -0.39 is 0 Å². The van der Waals surface area contributed by atoms with Crippen LogP contribution < -0.4 is 5.32 Å². The molecule has 3 aromatic rings. The van der Waals surface area contributed by atoms with Crippen LogP contribution in [0.15, 0.2) is 69.9 Å². The monoisotopic (exact) mass is 409 g/mol. The number of rotatable bonds is 10. The van der Waals surface area contributed by atoms with Crippen molar-refractivity contribution < 1.29 is 18.4 Å². The van der Waals surface area contributed by atoms with Crippen LogP contribution in [0.2, 0.25) is 0 Å². The standard InChI is InChI=1S/C23H27N3O4/c1-3-26(4-2)23(28)18-9-11-19(12-10-18)24-22(27)17-25(15-20-7-5-13-29-20)16-21-8-6-14-30-21/h5-14H,3-4,15-17H2,1-2H3,(H,24,27). The van der Waals surface area contributed by atoms with Crippen LogP contribution in [0.5, 0.6) is 0 Å². The van der Waals surface area contributed by atoms with Crippen LogP contribution in [0.4, 0.5) is 5.69 Å². The van der Waals surface area contributed by atoms with E-state index in [1.165, 1.54) is 0 Å². The largest absolute Gasteiger partial charge is 0.468 e. The van der Waals surface area contributed by atoms with Crippen LogP contribution >= 0.6 is 0 Å². The SMILES string of the molecule is CCN(CC)C(=O)c1ccc(NC(=O)CN(Cc2ccco2)Cc2ccco2)cc1. The molecule has 0 aliphatic rings. The number of hydrogen-bond acceptors (Lipinski definition) is 5. The Balaban J connectivity index is 1.61. The van der Waals surface area contributed by atoms with E-state index in [0.717, 1.165) is 11.5 Å². The molecule has 1 N–H and O–H groups in total. The second kappa shape index (κ2) is 10.5. The highest BCUT2D eigenvalue weighted by molar-refractivity contribution is 5.96. The first-order chi connectivity index (χ1) is 14.6. The molecule has 0 fully saturated rings. The minimum Gasteiger partial charge on any atom is -0.468 e. The van der Waals surface area contributed by atoms with Gasteiger partial charge in [0.1, 0.15) is 11.5 Å². The van der Waals surface area contributed by atoms with Gasteiger partial charge < -0.3 is 19.1 Å². The Hall–Kier alpha value is -3.32. The van der Waals surface area contributed by atoms with Crippen molar-refractivity contribution in [2.24, 2.45) is 0 Å². The van der Waals surface area contributed by atoms with Crippen LogP contribution in [0.1, 0.15) is 35.7 Å². The summed E-state index contributed by atoms with van der Waals surface area (Å²) in [5.41, 5.74) is 1.25. The third kappa shape index (κ3) is 5.84. The fraction of sp³-hybridized carbons (Fsp3) is 0.304. The van der Waals surface area contributed by atoms with Gasteiger partial charge >= 0.3 is 0 Å². The molecule has 30 heavy (non-hydrogen) atoms. The van der Waals surface area contributed by atoms with Gasteiger partial charge in [0.05, 0.1) is 32.2 Å². The van der Waals surface area contributed by atoms with Crippen molar-refractivity contribution in [1.29, 1.82) is 0 Å². The Bertz CT molecular complexity index is 878. The lowest BCUT2D eigenvalue weighted by Crippen LogP contribution is -2.32. The van der Waals surface area contributed by atoms with E-state index in [9.17, 15) is 9.59 Å². The van der Waals surface area contributed by atoms with Gasteiger partial charge in [-0.15, -0.1) is 0 Å². The molecule has 2 heterocycles. The summed E-state index contributed by atoms with van der Waals surface area (Å²) in [4.78, 5) is 28.7. The molecular weight excluding hydrogens is 382 g/mol. The predicted octanol–water partition coefficient (Wildman–Crippen LogP) is 4.00. The molecule has 0 atom stereocenters. The molecule has 7 heteroatoms. The van der Waals surface area contributed by atoms with E-state index in [0.29, 0.717) is 37.4 Å².